The number of hydrogen-bond acceptors (Lipinski definition) is 5. The molecule has 0 aliphatic carbocycles. The number of rotatable bonds is 1. The van der Waals surface area contributed by atoms with Gasteiger partial charge in [0.25, 0.3) is 0 Å². The summed E-state index contributed by atoms with van der Waals surface area (Å²) in [6, 6.07) is 0.546. The van der Waals surface area contributed by atoms with Crippen LogP contribution in [0.5, 0.6) is 0 Å². The van der Waals surface area contributed by atoms with Crippen molar-refractivity contribution in [1.82, 2.24) is 15.1 Å². The molecule has 6 nitrogen and oxygen atoms in total. The van der Waals surface area contributed by atoms with Crippen LogP contribution in [0.15, 0.2) is 0 Å². The van der Waals surface area contributed by atoms with Crippen LogP contribution < -0.4 is 5.32 Å². The molecule has 3 rings (SSSR count). The zero-order chi connectivity index (χ0) is 16.5. The minimum Gasteiger partial charge on any atom is -0.444 e. The highest BCUT2D eigenvalue weighted by Gasteiger charge is 2.45. The van der Waals surface area contributed by atoms with E-state index in [-0.39, 0.29) is 11.7 Å². The first kappa shape index (κ1) is 17.0. The maximum atomic E-state index is 12.2. The van der Waals surface area contributed by atoms with E-state index in [0.29, 0.717) is 6.04 Å². The van der Waals surface area contributed by atoms with Crippen molar-refractivity contribution >= 4 is 6.09 Å². The third-order valence-electron chi connectivity index (χ3n) is 5.18. The van der Waals surface area contributed by atoms with Crippen molar-refractivity contribution in [1.29, 1.82) is 0 Å². The van der Waals surface area contributed by atoms with Crippen LogP contribution in [0, 0.1) is 0 Å². The quantitative estimate of drug-likeness (QED) is 0.791. The van der Waals surface area contributed by atoms with Gasteiger partial charge < -0.3 is 19.7 Å². The van der Waals surface area contributed by atoms with Gasteiger partial charge in [-0.2, -0.15) is 0 Å². The minimum atomic E-state index is -0.427. The Balaban J connectivity index is 1.49. The van der Waals surface area contributed by atoms with Crippen LogP contribution in [0.1, 0.15) is 40.0 Å². The second kappa shape index (κ2) is 6.57. The maximum absolute atomic E-state index is 12.2. The lowest BCUT2D eigenvalue weighted by molar-refractivity contribution is -0.0489. The van der Waals surface area contributed by atoms with E-state index in [1.165, 1.54) is 0 Å². The van der Waals surface area contributed by atoms with E-state index in [4.69, 9.17) is 9.47 Å². The molecular formula is C17H31N3O3. The number of hydrogen-bond donors (Lipinski definition) is 1. The molecule has 3 aliphatic heterocycles. The third kappa shape index (κ3) is 4.17. The third-order valence-corrected chi connectivity index (χ3v) is 5.18. The van der Waals surface area contributed by atoms with Gasteiger partial charge in [-0.05, 0) is 40.0 Å². The van der Waals surface area contributed by atoms with Crippen molar-refractivity contribution in [2.45, 2.75) is 57.3 Å². The molecule has 0 unspecified atom stereocenters. The standard InChI is InChI=1S/C17H31N3O3/c1-16(2,3)23-15(21)20-8-4-17(5-9-20)12-14(13-22-17)19-10-6-18-7-11-19/h14,18H,4-13H2,1-3H3/t14-/m1/s1. The Morgan fingerprint density at radius 3 is 2.43 bits per heavy atom. The summed E-state index contributed by atoms with van der Waals surface area (Å²) in [5, 5.41) is 3.41. The summed E-state index contributed by atoms with van der Waals surface area (Å²) in [6.45, 7) is 12.4. The van der Waals surface area contributed by atoms with Crippen molar-refractivity contribution < 1.29 is 14.3 Å². The van der Waals surface area contributed by atoms with Crippen molar-refractivity contribution in [2.75, 3.05) is 45.9 Å². The highest BCUT2D eigenvalue weighted by molar-refractivity contribution is 5.68. The molecule has 3 heterocycles. The predicted molar refractivity (Wildman–Crippen MR) is 88.6 cm³/mol. The Morgan fingerprint density at radius 2 is 1.83 bits per heavy atom. The fourth-order valence-corrected chi connectivity index (χ4v) is 3.87. The monoisotopic (exact) mass is 325 g/mol. The van der Waals surface area contributed by atoms with Gasteiger partial charge in [0, 0.05) is 45.3 Å². The lowest BCUT2D eigenvalue weighted by Gasteiger charge is -2.39. The van der Waals surface area contributed by atoms with Crippen LogP contribution in [-0.2, 0) is 9.47 Å². The van der Waals surface area contributed by atoms with Gasteiger partial charge in [-0.1, -0.05) is 0 Å². The lowest BCUT2D eigenvalue weighted by atomic mass is 9.87. The van der Waals surface area contributed by atoms with Crippen LogP contribution in [0.25, 0.3) is 0 Å². The molecule has 0 aromatic carbocycles. The highest BCUT2D eigenvalue weighted by Crippen LogP contribution is 2.38. The number of piperazine rings is 1. The molecule has 0 bridgehead atoms. The SMILES string of the molecule is CC(C)(C)OC(=O)N1CCC2(CC1)C[C@@H](N1CCNCC1)CO2. The van der Waals surface area contributed by atoms with Gasteiger partial charge >= 0.3 is 6.09 Å². The second-order valence-corrected chi connectivity index (χ2v) is 8.11. The number of nitrogens with one attached hydrogen (secondary N) is 1. The van der Waals surface area contributed by atoms with Gasteiger partial charge in [-0.3, -0.25) is 4.90 Å². The van der Waals surface area contributed by atoms with E-state index in [0.717, 1.165) is 65.1 Å². The smallest absolute Gasteiger partial charge is 0.410 e. The number of ether oxygens (including phenoxy) is 2. The number of likely N-dealkylation sites (tertiary alicyclic amines) is 1. The molecule has 0 aromatic heterocycles. The van der Waals surface area contributed by atoms with Crippen LogP contribution in [0.4, 0.5) is 4.79 Å². The molecule has 3 aliphatic rings. The summed E-state index contributed by atoms with van der Waals surface area (Å²) in [5.74, 6) is 0. The predicted octanol–water partition coefficient (Wildman–Crippen LogP) is 1.45. The van der Waals surface area contributed by atoms with E-state index in [9.17, 15) is 4.79 Å². The van der Waals surface area contributed by atoms with E-state index < -0.39 is 5.60 Å². The van der Waals surface area contributed by atoms with Gasteiger partial charge in [0.05, 0.1) is 12.2 Å². The molecule has 3 saturated heterocycles. The Bertz CT molecular complexity index is 421. The first-order chi connectivity index (χ1) is 10.9. The molecule has 0 saturated carbocycles. The van der Waals surface area contributed by atoms with Crippen molar-refractivity contribution in [2.24, 2.45) is 0 Å². The molecule has 1 atom stereocenters. The average molecular weight is 325 g/mol. The molecule has 6 heteroatoms. The summed E-state index contributed by atoms with van der Waals surface area (Å²) >= 11 is 0. The number of carbonyl (C=O) groups is 1. The van der Waals surface area contributed by atoms with Crippen molar-refractivity contribution in [3.05, 3.63) is 0 Å². The van der Waals surface area contributed by atoms with E-state index in [2.05, 4.69) is 10.2 Å². The Labute approximate surface area is 139 Å². The van der Waals surface area contributed by atoms with Crippen molar-refractivity contribution in [3.63, 3.8) is 0 Å². The topological polar surface area (TPSA) is 54.0 Å². The highest BCUT2D eigenvalue weighted by atomic mass is 16.6. The molecule has 132 valence electrons. The summed E-state index contributed by atoms with van der Waals surface area (Å²) in [5.41, 5.74) is -0.447. The molecule has 23 heavy (non-hydrogen) atoms. The molecule has 1 amide bonds. The largest absolute Gasteiger partial charge is 0.444 e. The fraction of sp³-hybridized carbons (Fsp3) is 0.941. The number of piperidine rings is 1. The maximum Gasteiger partial charge on any atom is 0.410 e. The van der Waals surface area contributed by atoms with E-state index in [1.807, 2.05) is 25.7 Å². The molecule has 1 N–H and O–H groups in total. The van der Waals surface area contributed by atoms with Gasteiger partial charge in [0.1, 0.15) is 5.60 Å². The van der Waals surface area contributed by atoms with Gasteiger partial charge in [-0.25, -0.2) is 4.79 Å². The molecule has 0 radical (unpaired) electrons. The Hall–Kier alpha value is -0.850. The Morgan fingerprint density at radius 1 is 1.17 bits per heavy atom. The lowest BCUT2D eigenvalue weighted by Crippen LogP contribution is -2.50. The van der Waals surface area contributed by atoms with Gasteiger partial charge in [0.2, 0.25) is 0 Å². The molecule has 3 fully saturated rings. The normalized spacial score (nSPS) is 29.0. The van der Waals surface area contributed by atoms with E-state index in [1.54, 1.807) is 0 Å². The first-order valence-electron chi connectivity index (χ1n) is 8.94. The summed E-state index contributed by atoms with van der Waals surface area (Å²) < 4.78 is 11.7. The second-order valence-electron chi connectivity index (χ2n) is 8.11. The first-order valence-corrected chi connectivity index (χ1v) is 8.94. The van der Waals surface area contributed by atoms with Crippen LogP contribution in [-0.4, -0.2) is 79.0 Å². The summed E-state index contributed by atoms with van der Waals surface area (Å²) in [7, 11) is 0. The van der Waals surface area contributed by atoms with Crippen LogP contribution >= 0.6 is 0 Å². The molecule has 1 spiro atoms. The fourth-order valence-electron chi connectivity index (χ4n) is 3.87. The summed E-state index contributed by atoms with van der Waals surface area (Å²) in [6.07, 6.45) is 2.77. The number of amides is 1. The van der Waals surface area contributed by atoms with Crippen molar-refractivity contribution in [3.8, 4) is 0 Å². The zero-order valence-electron chi connectivity index (χ0n) is 14.8. The van der Waals surface area contributed by atoms with E-state index >= 15 is 0 Å². The van der Waals surface area contributed by atoms with Crippen LogP contribution in [0.3, 0.4) is 0 Å². The Kier molecular flexibility index (Phi) is 4.85. The molecular weight excluding hydrogens is 294 g/mol. The summed E-state index contributed by atoms with van der Waals surface area (Å²) in [4.78, 5) is 16.6. The number of nitrogens with zero attached hydrogens (tertiary/aromatic N) is 2. The van der Waals surface area contributed by atoms with Gasteiger partial charge in [0.15, 0.2) is 0 Å². The number of carbonyl (C=O) groups excluding carboxylic acids is 1. The minimum absolute atomic E-state index is 0.0198. The zero-order valence-corrected chi connectivity index (χ0v) is 14.8. The van der Waals surface area contributed by atoms with Gasteiger partial charge in [-0.15, -0.1) is 0 Å². The van der Waals surface area contributed by atoms with Crippen LogP contribution in [0.2, 0.25) is 0 Å². The molecule has 0 aromatic rings. The average Bonchev–Trinajstić information content (AvgIpc) is 2.91.